The van der Waals surface area contributed by atoms with Crippen molar-refractivity contribution in [3.63, 3.8) is 0 Å². The molecular weight excluding hydrogens is 267 g/mol. The van der Waals surface area contributed by atoms with Crippen LogP contribution in [-0.4, -0.2) is 15.1 Å². The van der Waals surface area contributed by atoms with E-state index in [9.17, 15) is 9.50 Å². The van der Waals surface area contributed by atoms with Crippen LogP contribution in [0.25, 0.3) is 22.2 Å². The SMILES string of the molecule is Oc1ccccc1-c1nc(Cl)nc2cccc(F)c12. The second-order valence-electron chi connectivity index (χ2n) is 3.99. The van der Waals surface area contributed by atoms with E-state index in [1.165, 1.54) is 12.1 Å². The Balaban J connectivity index is 2.44. The van der Waals surface area contributed by atoms with Crippen LogP contribution in [-0.2, 0) is 0 Å². The molecule has 0 amide bonds. The van der Waals surface area contributed by atoms with Gasteiger partial charge in [0.1, 0.15) is 11.6 Å². The number of phenolic OH excluding ortho intramolecular Hbond substituents is 1. The topological polar surface area (TPSA) is 46.0 Å². The van der Waals surface area contributed by atoms with E-state index in [0.717, 1.165) is 0 Å². The van der Waals surface area contributed by atoms with Crippen molar-refractivity contribution in [3.8, 4) is 17.0 Å². The van der Waals surface area contributed by atoms with Crippen molar-refractivity contribution in [2.75, 3.05) is 0 Å². The lowest BCUT2D eigenvalue weighted by molar-refractivity contribution is 0.477. The molecule has 0 radical (unpaired) electrons. The summed E-state index contributed by atoms with van der Waals surface area (Å²) in [5.41, 5.74) is 1.10. The Bertz CT molecular complexity index is 776. The number of nitrogens with zero attached hydrogens (tertiary/aromatic N) is 2. The van der Waals surface area contributed by atoms with Crippen LogP contribution >= 0.6 is 11.6 Å². The third-order valence-corrected chi connectivity index (χ3v) is 2.97. The first-order valence-electron chi connectivity index (χ1n) is 5.57. The van der Waals surface area contributed by atoms with Gasteiger partial charge in [0.05, 0.1) is 16.6 Å². The molecule has 3 nitrogen and oxygen atoms in total. The first-order chi connectivity index (χ1) is 9.16. The average molecular weight is 275 g/mol. The lowest BCUT2D eigenvalue weighted by atomic mass is 10.1. The first kappa shape index (κ1) is 11.9. The molecule has 1 N–H and O–H groups in total. The number of phenols is 1. The fourth-order valence-corrected chi connectivity index (χ4v) is 2.16. The summed E-state index contributed by atoms with van der Waals surface area (Å²) in [6, 6.07) is 11.1. The van der Waals surface area contributed by atoms with Crippen LogP contribution in [0, 0.1) is 5.82 Å². The summed E-state index contributed by atoms with van der Waals surface area (Å²) in [4.78, 5) is 8.03. The molecule has 0 aliphatic carbocycles. The fourth-order valence-electron chi connectivity index (χ4n) is 1.98. The normalized spacial score (nSPS) is 10.8. The first-order valence-corrected chi connectivity index (χ1v) is 5.95. The van der Waals surface area contributed by atoms with Gasteiger partial charge in [-0.2, -0.15) is 0 Å². The van der Waals surface area contributed by atoms with Crippen LogP contribution in [0.3, 0.4) is 0 Å². The highest BCUT2D eigenvalue weighted by Crippen LogP contribution is 2.34. The van der Waals surface area contributed by atoms with E-state index >= 15 is 0 Å². The van der Waals surface area contributed by atoms with Crippen LogP contribution < -0.4 is 0 Å². The second kappa shape index (κ2) is 4.48. The maximum Gasteiger partial charge on any atom is 0.223 e. The number of aromatic hydroxyl groups is 1. The van der Waals surface area contributed by atoms with Crippen molar-refractivity contribution >= 4 is 22.5 Å². The summed E-state index contributed by atoms with van der Waals surface area (Å²) in [5.74, 6) is -0.436. The van der Waals surface area contributed by atoms with Gasteiger partial charge in [-0.15, -0.1) is 0 Å². The van der Waals surface area contributed by atoms with Gasteiger partial charge in [-0.3, -0.25) is 0 Å². The van der Waals surface area contributed by atoms with Gasteiger partial charge < -0.3 is 5.11 Å². The van der Waals surface area contributed by atoms with Crippen LogP contribution in [0.15, 0.2) is 42.5 Å². The van der Waals surface area contributed by atoms with E-state index in [2.05, 4.69) is 9.97 Å². The molecule has 0 atom stereocenters. The van der Waals surface area contributed by atoms with E-state index < -0.39 is 5.82 Å². The standard InChI is InChI=1S/C14H8ClFN2O/c15-14-17-10-6-3-5-9(16)12(10)13(18-14)8-4-1-2-7-11(8)19/h1-7,19H. The van der Waals surface area contributed by atoms with Gasteiger partial charge in [-0.1, -0.05) is 18.2 Å². The Hall–Kier alpha value is -2.20. The fraction of sp³-hybridized carbons (Fsp3) is 0. The average Bonchev–Trinajstić information content (AvgIpc) is 2.38. The molecule has 0 unspecified atom stereocenters. The predicted octanol–water partition coefficient (Wildman–Crippen LogP) is 3.79. The number of fused-ring (bicyclic) bond motifs is 1. The molecule has 0 bridgehead atoms. The summed E-state index contributed by atoms with van der Waals surface area (Å²) < 4.78 is 14.0. The highest BCUT2D eigenvalue weighted by Gasteiger charge is 2.15. The minimum absolute atomic E-state index is 0.0105. The number of aromatic nitrogens is 2. The number of hydrogen-bond donors (Lipinski definition) is 1. The molecule has 5 heteroatoms. The zero-order valence-corrected chi connectivity index (χ0v) is 10.4. The third kappa shape index (κ3) is 2.00. The number of hydrogen-bond acceptors (Lipinski definition) is 3. The maximum absolute atomic E-state index is 14.0. The van der Waals surface area contributed by atoms with Gasteiger partial charge in [0.15, 0.2) is 0 Å². The molecule has 1 heterocycles. The molecule has 0 saturated heterocycles. The van der Waals surface area contributed by atoms with Gasteiger partial charge in [0.25, 0.3) is 0 Å². The largest absolute Gasteiger partial charge is 0.507 e. The smallest absolute Gasteiger partial charge is 0.223 e. The molecule has 0 fully saturated rings. The highest BCUT2D eigenvalue weighted by molar-refractivity contribution is 6.28. The zero-order chi connectivity index (χ0) is 13.4. The molecule has 94 valence electrons. The third-order valence-electron chi connectivity index (χ3n) is 2.80. The Morgan fingerprint density at radius 2 is 1.79 bits per heavy atom. The number of halogens is 2. The van der Waals surface area contributed by atoms with Crippen molar-refractivity contribution in [1.82, 2.24) is 9.97 Å². The molecule has 0 aliphatic rings. The molecule has 19 heavy (non-hydrogen) atoms. The summed E-state index contributed by atoms with van der Waals surface area (Å²) in [6.45, 7) is 0. The molecular formula is C14H8ClFN2O. The van der Waals surface area contributed by atoms with Crippen LogP contribution in [0.1, 0.15) is 0 Å². The monoisotopic (exact) mass is 274 g/mol. The van der Waals surface area contributed by atoms with E-state index in [4.69, 9.17) is 11.6 Å². The minimum Gasteiger partial charge on any atom is -0.507 e. The lowest BCUT2D eigenvalue weighted by Crippen LogP contribution is -1.94. The number of benzene rings is 2. The summed E-state index contributed by atoms with van der Waals surface area (Å²) >= 11 is 5.85. The molecule has 3 rings (SSSR count). The van der Waals surface area contributed by atoms with Crippen molar-refractivity contribution in [1.29, 1.82) is 0 Å². The van der Waals surface area contributed by atoms with Gasteiger partial charge in [-0.05, 0) is 35.9 Å². The van der Waals surface area contributed by atoms with Crippen molar-refractivity contribution in [3.05, 3.63) is 53.6 Å². The second-order valence-corrected chi connectivity index (χ2v) is 4.33. The van der Waals surface area contributed by atoms with E-state index in [0.29, 0.717) is 11.1 Å². The van der Waals surface area contributed by atoms with Gasteiger partial charge in [0.2, 0.25) is 5.28 Å². The van der Waals surface area contributed by atoms with Gasteiger partial charge >= 0.3 is 0 Å². The van der Waals surface area contributed by atoms with Gasteiger partial charge in [-0.25, -0.2) is 14.4 Å². The predicted molar refractivity (Wildman–Crippen MR) is 71.6 cm³/mol. The van der Waals surface area contributed by atoms with Gasteiger partial charge in [0, 0.05) is 5.56 Å². The Morgan fingerprint density at radius 1 is 1.00 bits per heavy atom. The summed E-state index contributed by atoms with van der Waals surface area (Å²) in [5, 5.41) is 10.1. The molecule has 2 aromatic carbocycles. The number of para-hydroxylation sites is 1. The van der Waals surface area contributed by atoms with Crippen LogP contribution in [0.5, 0.6) is 5.75 Å². The highest BCUT2D eigenvalue weighted by atomic mass is 35.5. The summed E-state index contributed by atoms with van der Waals surface area (Å²) in [6.07, 6.45) is 0. The Labute approximate surface area is 113 Å². The van der Waals surface area contributed by atoms with Crippen molar-refractivity contribution in [2.24, 2.45) is 0 Å². The molecule has 1 aromatic heterocycles. The van der Waals surface area contributed by atoms with E-state index in [-0.39, 0.29) is 22.1 Å². The van der Waals surface area contributed by atoms with Crippen LogP contribution in [0.4, 0.5) is 4.39 Å². The summed E-state index contributed by atoms with van der Waals surface area (Å²) in [7, 11) is 0. The Kier molecular flexibility index (Phi) is 2.80. The minimum atomic E-state index is -0.451. The number of rotatable bonds is 1. The molecule has 0 saturated carbocycles. The molecule has 3 aromatic rings. The van der Waals surface area contributed by atoms with E-state index in [1.807, 2.05) is 0 Å². The van der Waals surface area contributed by atoms with E-state index in [1.54, 1.807) is 30.3 Å². The lowest BCUT2D eigenvalue weighted by Gasteiger charge is -2.08. The maximum atomic E-state index is 14.0. The van der Waals surface area contributed by atoms with Crippen LogP contribution in [0.2, 0.25) is 5.28 Å². The quantitative estimate of drug-likeness (QED) is 0.687. The van der Waals surface area contributed by atoms with Crippen molar-refractivity contribution < 1.29 is 9.50 Å². The molecule has 0 spiro atoms. The zero-order valence-electron chi connectivity index (χ0n) is 9.64. The van der Waals surface area contributed by atoms with Crippen molar-refractivity contribution in [2.45, 2.75) is 0 Å². The Morgan fingerprint density at radius 3 is 2.58 bits per heavy atom. The molecule has 0 aliphatic heterocycles.